The molecule has 0 saturated carbocycles. The SMILES string of the molecule is COc1ccc2nccc(C(F)CC[C@@H]3CCN(CC#Cc4cccc(F)c4)C[C@@H]3C(=O)O)c2c1.Cl.Cl. The second-order valence-electron chi connectivity index (χ2n) is 8.87. The van der Waals surface area contributed by atoms with Crippen LogP contribution in [0.4, 0.5) is 8.78 Å². The van der Waals surface area contributed by atoms with Gasteiger partial charge in [0.15, 0.2) is 0 Å². The minimum atomic E-state index is -1.22. The van der Waals surface area contributed by atoms with E-state index >= 15 is 4.39 Å². The van der Waals surface area contributed by atoms with Crippen molar-refractivity contribution >= 4 is 41.7 Å². The van der Waals surface area contributed by atoms with Gasteiger partial charge >= 0.3 is 5.97 Å². The topological polar surface area (TPSA) is 62.7 Å². The molecule has 1 aromatic heterocycles. The van der Waals surface area contributed by atoms with Crippen molar-refractivity contribution < 1.29 is 23.4 Å². The molecule has 0 spiro atoms. The van der Waals surface area contributed by atoms with E-state index in [9.17, 15) is 14.3 Å². The summed E-state index contributed by atoms with van der Waals surface area (Å²) in [5.41, 5.74) is 1.83. The van der Waals surface area contributed by atoms with Gasteiger partial charge in [0.05, 0.1) is 25.1 Å². The van der Waals surface area contributed by atoms with Crippen LogP contribution < -0.4 is 4.74 Å². The number of benzene rings is 2. The standard InChI is InChI=1S/C28H28F2N2O3.2ClH/c1-35-22-8-10-27-24(17-22)23(11-13-31-27)26(30)9-7-20-12-15-32(18-25(20)28(33)34)14-3-5-19-4-2-6-21(29)16-19;;/h2,4,6,8,10-11,13,16-17,20,25-26H,7,9,12,14-15,18H2,1H3,(H,33,34);2*1H/t20-,25+,26?;;/m1../s1. The van der Waals surface area contributed by atoms with Gasteiger partial charge in [-0.15, -0.1) is 24.8 Å². The molecule has 1 aliphatic heterocycles. The number of halogens is 4. The van der Waals surface area contributed by atoms with Gasteiger partial charge in [0.25, 0.3) is 0 Å². The molecule has 1 aliphatic rings. The number of aromatic nitrogens is 1. The number of alkyl halides is 1. The Bertz CT molecular complexity index is 1260. The number of nitrogens with zero attached hydrogens (tertiary/aromatic N) is 2. The van der Waals surface area contributed by atoms with Crippen LogP contribution in [0.3, 0.4) is 0 Å². The summed E-state index contributed by atoms with van der Waals surface area (Å²) >= 11 is 0. The van der Waals surface area contributed by atoms with Crippen molar-refractivity contribution in [3.05, 3.63) is 71.7 Å². The maximum absolute atomic E-state index is 15.3. The predicted molar refractivity (Wildman–Crippen MR) is 145 cm³/mol. The average molecular weight is 551 g/mol. The average Bonchev–Trinajstić information content (AvgIpc) is 2.87. The Kier molecular flexibility index (Phi) is 11.6. The largest absolute Gasteiger partial charge is 0.497 e. The highest BCUT2D eigenvalue weighted by Gasteiger charge is 2.34. The molecule has 4 rings (SSSR count). The molecule has 1 saturated heterocycles. The molecule has 5 nitrogen and oxygen atoms in total. The number of hydrogen-bond acceptors (Lipinski definition) is 4. The van der Waals surface area contributed by atoms with E-state index in [2.05, 4.69) is 16.8 Å². The number of carbonyl (C=O) groups is 1. The van der Waals surface area contributed by atoms with E-state index in [0.717, 1.165) is 0 Å². The van der Waals surface area contributed by atoms with Gasteiger partial charge in [-0.3, -0.25) is 14.7 Å². The summed E-state index contributed by atoms with van der Waals surface area (Å²) in [5, 5.41) is 10.5. The summed E-state index contributed by atoms with van der Waals surface area (Å²) in [7, 11) is 1.57. The van der Waals surface area contributed by atoms with Gasteiger partial charge in [0.2, 0.25) is 0 Å². The summed E-state index contributed by atoms with van der Waals surface area (Å²) in [6.07, 6.45) is 1.76. The summed E-state index contributed by atoms with van der Waals surface area (Å²) in [6.45, 7) is 1.46. The normalized spacial score (nSPS) is 18.0. The van der Waals surface area contributed by atoms with Crippen molar-refractivity contribution in [1.29, 1.82) is 0 Å². The molecule has 3 aromatic rings. The number of carboxylic acids is 1. The van der Waals surface area contributed by atoms with E-state index in [1.165, 1.54) is 12.1 Å². The molecule has 1 fully saturated rings. The third-order valence-electron chi connectivity index (χ3n) is 6.63. The van der Waals surface area contributed by atoms with E-state index in [1.54, 1.807) is 49.7 Å². The number of methoxy groups -OCH3 is 1. The fourth-order valence-corrected chi connectivity index (χ4v) is 4.72. The summed E-state index contributed by atoms with van der Waals surface area (Å²) < 4.78 is 33.9. The summed E-state index contributed by atoms with van der Waals surface area (Å²) in [4.78, 5) is 18.3. The first kappa shape index (κ1) is 30.3. The molecular formula is C28H30Cl2F2N2O3. The molecule has 198 valence electrons. The van der Waals surface area contributed by atoms with Crippen LogP contribution in [0, 0.1) is 29.5 Å². The zero-order valence-electron chi connectivity index (χ0n) is 20.4. The fourth-order valence-electron chi connectivity index (χ4n) is 4.72. The number of carboxylic acid groups (broad SMARTS) is 1. The highest BCUT2D eigenvalue weighted by atomic mass is 35.5. The van der Waals surface area contributed by atoms with Crippen molar-refractivity contribution in [3.63, 3.8) is 0 Å². The van der Waals surface area contributed by atoms with Crippen LogP contribution in [0.5, 0.6) is 5.75 Å². The highest BCUT2D eigenvalue weighted by Crippen LogP contribution is 2.35. The van der Waals surface area contributed by atoms with E-state index in [1.807, 2.05) is 4.90 Å². The van der Waals surface area contributed by atoms with E-state index in [4.69, 9.17) is 4.74 Å². The van der Waals surface area contributed by atoms with Crippen LogP contribution in [0.2, 0.25) is 0 Å². The second kappa shape index (κ2) is 14.1. The van der Waals surface area contributed by atoms with Crippen LogP contribution in [-0.2, 0) is 4.79 Å². The highest BCUT2D eigenvalue weighted by molar-refractivity contribution is 5.86. The summed E-state index contributed by atoms with van der Waals surface area (Å²) in [5.74, 6) is 4.67. The zero-order chi connectivity index (χ0) is 24.8. The molecule has 0 bridgehead atoms. The monoisotopic (exact) mass is 550 g/mol. The number of pyridine rings is 1. The van der Waals surface area contributed by atoms with Crippen LogP contribution in [-0.4, -0.2) is 47.7 Å². The minimum Gasteiger partial charge on any atom is -0.497 e. The maximum Gasteiger partial charge on any atom is 0.308 e. The van der Waals surface area contributed by atoms with Crippen molar-refractivity contribution in [2.24, 2.45) is 11.8 Å². The van der Waals surface area contributed by atoms with Crippen molar-refractivity contribution in [2.75, 3.05) is 26.7 Å². The van der Waals surface area contributed by atoms with Gasteiger partial charge in [0, 0.05) is 23.7 Å². The number of fused-ring (bicyclic) bond motifs is 1. The Morgan fingerprint density at radius 1 is 1.24 bits per heavy atom. The van der Waals surface area contributed by atoms with Gasteiger partial charge in [-0.25, -0.2) is 8.78 Å². The zero-order valence-corrected chi connectivity index (χ0v) is 22.0. The lowest BCUT2D eigenvalue weighted by Crippen LogP contribution is -2.44. The molecule has 0 amide bonds. The Morgan fingerprint density at radius 3 is 2.78 bits per heavy atom. The molecule has 1 unspecified atom stereocenters. The Hall–Kier alpha value is -2.92. The molecule has 9 heteroatoms. The second-order valence-corrected chi connectivity index (χ2v) is 8.87. The number of likely N-dealkylation sites (tertiary alicyclic amines) is 1. The lowest BCUT2D eigenvalue weighted by atomic mass is 9.81. The third kappa shape index (κ3) is 7.78. The van der Waals surface area contributed by atoms with Crippen LogP contribution in [0.1, 0.15) is 36.6 Å². The van der Waals surface area contributed by atoms with E-state index in [0.29, 0.717) is 60.3 Å². The first-order valence-electron chi connectivity index (χ1n) is 11.7. The molecule has 37 heavy (non-hydrogen) atoms. The number of piperidine rings is 1. The van der Waals surface area contributed by atoms with Gasteiger partial charge in [-0.05, 0) is 79.8 Å². The molecule has 2 heterocycles. The molecule has 0 aliphatic carbocycles. The Balaban J connectivity index is 0.00000241. The number of aliphatic carboxylic acids is 1. The smallest absolute Gasteiger partial charge is 0.308 e. The lowest BCUT2D eigenvalue weighted by molar-refractivity contribution is -0.146. The molecular weight excluding hydrogens is 521 g/mol. The first-order chi connectivity index (χ1) is 16.9. The third-order valence-corrected chi connectivity index (χ3v) is 6.63. The van der Waals surface area contributed by atoms with Gasteiger partial charge in [-0.1, -0.05) is 17.9 Å². The van der Waals surface area contributed by atoms with Crippen LogP contribution in [0.25, 0.3) is 10.9 Å². The van der Waals surface area contributed by atoms with Crippen LogP contribution in [0.15, 0.2) is 54.7 Å². The minimum absolute atomic E-state index is 0. The Labute approximate surface area is 228 Å². The first-order valence-corrected chi connectivity index (χ1v) is 11.7. The molecule has 3 atom stereocenters. The van der Waals surface area contributed by atoms with Gasteiger partial charge < -0.3 is 9.84 Å². The molecule has 2 aromatic carbocycles. The molecule has 1 N–H and O–H groups in total. The lowest BCUT2D eigenvalue weighted by Gasteiger charge is -2.35. The quantitative estimate of drug-likeness (QED) is 0.360. The van der Waals surface area contributed by atoms with E-state index < -0.39 is 18.1 Å². The van der Waals surface area contributed by atoms with Crippen LogP contribution >= 0.6 is 24.8 Å². The number of rotatable bonds is 7. The van der Waals surface area contributed by atoms with Gasteiger partial charge in [0.1, 0.15) is 17.7 Å². The van der Waals surface area contributed by atoms with Crippen molar-refractivity contribution in [3.8, 4) is 17.6 Å². The van der Waals surface area contributed by atoms with Crippen molar-refractivity contribution in [2.45, 2.75) is 25.4 Å². The molecule has 0 radical (unpaired) electrons. The predicted octanol–water partition coefficient (Wildman–Crippen LogP) is 6.09. The van der Waals surface area contributed by atoms with Crippen molar-refractivity contribution in [1.82, 2.24) is 9.88 Å². The van der Waals surface area contributed by atoms with Gasteiger partial charge in [-0.2, -0.15) is 0 Å². The van der Waals surface area contributed by atoms with E-state index in [-0.39, 0.29) is 43.0 Å². The number of hydrogen-bond donors (Lipinski definition) is 1. The Morgan fingerprint density at radius 2 is 2.05 bits per heavy atom. The number of ether oxygens (including phenoxy) is 1. The fraction of sp³-hybridized carbons (Fsp3) is 0.357. The summed E-state index contributed by atoms with van der Waals surface area (Å²) in [6, 6.07) is 13.1. The maximum atomic E-state index is 15.3.